The van der Waals surface area contributed by atoms with Gasteiger partial charge < -0.3 is 4.74 Å². The average Bonchev–Trinajstić information content (AvgIpc) is 2.14. The van der Waals surface area contributed by atoms with Crippen LogP contribution in [0.15, 0.2) is 0 Å². The number of rotatable bonds is 7. The average molecular weight is 250 g/mol. The molecule has 0 aliphatic heterocycles. The van der Waals surface area contributed by atoms with Gasteiger partial charge >= 0.3 is 5.97 Å². The predicted octanol–water partition coefficient (Wildman–Crippen LogP) is 3.59. The van der Waals surface area contributed by atoms with Crippen molar-refractivity contribution in [2.45, 2.75) is 58.7 Å². The molecule has 0 amide bonds. The maximum Gasteiger partial charge on any atom is 0.316 e. The highest BCUT2D eigenvalue weighted by atomic mass is 32.2. The van der Waals surface area contributed by atoms with E-state index in [1.165, 1.54) is 11.8 Å². The molecular weight excluding hydrogens is 227 g/mol. The number of carbonyl (C=O) groups excluding carboxylic acids is 1. The second kappa shape index (κ2) is 7.93. The van der Waals surface area contributed by atoms with Crippen LogP contribution >= 0.6 is 11.8 Å². The van der Waals surface area contributed by atoms with Gasteiger partial charge in [-0.3, -0.25) is 4.79 Å². The Morgan fingerprint density at radius 2 is 2.06 bits per heavy atom. The Kier molecular flexibility index (Phi) is 7.81. The van der Waals surface area contributed by atoms with Crippen LogP contribution in [0, 0.1) is 0 Å². The zero-order valence-electron chi connectivity index (χ0n) is 10.7. The topological polar surface area (TPSA) is 26.3 Å². The molecule has 4 heteroatoms. The molecule has 0 bridgehead atoms. The quantitative estimate of drug-likeness (QED) is 0.510. The Morgan fingerprint density at radius 3 is 2.56 bits per heavy atom. The number of thioether (sulfide) groups is 1. The van der Waals surface area contributed by atoms with E-state index in [-0.39, 0.29) is 5.97 Å². The lowest BCUT2D eigenvalue weighted by Crippen LogP contribution is -2.25. The second-order valence-corrected chi connectivity index (χ2v) is 5.89. The first-order valence-electron chi connectivity index (χ1n) is 5.79. The maximum absolute atomic E-state index is 12.8. The van der Waals surface area contributed by atoms with Gasteiger partial charge in [-0.25, -0.2) is 4.39 Å². The van der Waals surface area contributed by atoms with Crippen molar-refractivity contribution in [3.63, 3.8) is 0 Å². The first-order chi connectivity index (χ1) is 7.35. The van der Waals surface area contributed by atoms with Gasteiger partial charge in [0.1, 0.15) is 5.60 Å². The van der Waals surface area contributed by atoms with Crippen LogP contribution in [-0.4, -0.2) is 29.2 Å². The highest BCUT2D eigenvalue weighted by Gasteiger charge is 2.15. The van der Waals surface area contributed by atoms with E-state index in [1.807, 2.05) is 27.7 Å². The molecule has 0 radical (unpaired) electrons. The summed E-state index contributed by atoms with van der Waals surface area (Å²) >= 11 is 1.51. The standard InChI is InChI=1S/C12H23FO2S/c1-5-10(13)7-6-8-16-9-11(14)15-12(2,3)4/h10H,5-9H2,1-4H3. The van der Waals surface area contributed by atoms with Gasteiger partial charge in [-0.05, 0) is 45.8 Å². The minimum absolute atomic E-state index is 0.190. The molecule has 0 spiro atoms. The third-order valence-electron chi connectivity index (χ3n) is 1.89. The zero-order valence-corrected chi connectivity index (χ0v) is 11.5. The van der Waals surface area contributed by atoms with Crippen LogP contribution in [0.2, 0.25) is 0 Å². The van der Waals surface area contributed by atoms with E-state index < -0.39 is 11.8 Å². The molecule has 1 unspecified atom stereocenters. The Bertz CT molecular complexity index is 202. The molecule has 16 heavy (non-hydrogen) atoms. The Labute approximate surface area is 102 Å². The Balaban J connectivity index is 3.42. The summed E-state index contributed by atoms with van der Waals surface area (Å²) in [6.45, 7) is 7.40. The van der Waals surface area contributed by atoms with Crippen LogP contribution in [0.1, 0.15) is 47.0 Å². The summed E-state index contributed by atoms with van der Waals surface area (Å²) in [6, 6.07) is 0. The van der Waals surface area contributed by atoms with Crippen molar-refractivity contribution in [2.24, 2.45) is 0 Å². The van der Waals surface area contributed by atoms with Crippen molar-refractivity contribution in [3.8, 4) is 0 Å². The Hall–Kier alpha value is -0.250. The fourth-order valence-corrected chi connectivity index (χ4v) is 1.88. The Morgan fingerprint density at radius 1 is 1.44 bits per heavy atom. The van der Waals surface area contributed by atoms with Gasteiger partial charge in [-0.15, -0.1) is 0 Å². The van der Waals surface area contributed by atoms with E-state index >= 15 is 0 Å². The molecule has 0 saturated heterocycles. The lowest BCUT2D eigenvalue weighted by atomic mass is 10.2. The normalized spacial score (nSPS) is 13.6. The van der Waals surface area contributed by atoms with E-state index in [9.17, 15) is 9.18 Å². The summed E-state index contributed by atoms with van der Waals surface area (Å²) in [7, 11) is 0. The molecule has 0 aromatic heterocycles. The minimum atomic E-state index is -0.692. The molecule has 1 atom stereocenters. The fourth-order valence-electron chi connectivity index (χ4n) is 1.14. The third-order valence-corrected chi connectivity index (χ3v) is 2.91. The summed E-state index contributed by atoms with van der Waals surface area (Å²) in [5.74, 6) is 0.991. The van der Waals surface area contributed by atoms with Gasteiger partial charge in [-0.1, -0.05) is 6.92 Å². The number of ether oxygens (including phenoxy) is 1. The van der Waals surface area contributed by atoms with Crippen LogP contribution in [0.3, 0.4) is 0 Å². The molecule has 96 valence electrons. The number of halogens is 1. The van der Waals surface area contributed by atoms with Crippen LogP contribution in [0.5, 0.6) is 0 Å². The van der Waals surface area contributed by atoms with E-state index in [0.717, 1.165) is 12.2 Å². The smallest absolute Gasteiger partial charge is 0.316 e. The molecule has 0 aromatic carbocycles. The molecule has 0 rings (SSSR count). The molecular formula is C12H23FO2S. The van der Waals surface area contributed by atoms with Crippen LogP contribution in [-0.2, 0) is 9.53 Å². The highest BCUT2D eigenvalue weighted by molar-refractivity contribution is 7.99. The SMILES string of the molecule is CCC(F)CCCSCC(=O)OC(C)(C)C. The second-order valence-electron chi connectivity index (χ2n) is 4.79. The number of carbonyl (C=O) groups is 1. The molecule has 0 aromatic rings. The van der Waals surface area contributed by atoms with Crippen LogP contribution in [0.4, 0.5) is 4.39 Å². The first-order valence-corrected chi connectivity index (χ1v) is 6.94. The third kappa shape index (κ3) is 10.3. The molecule has 2 nitrogen and oxygen atoms in total. The van der Waals surface area contributed by atoms with Gasteiger partial charge in [0.05, 0.1) is 11.9 Å². The van der Waals surface area contributed by atoms with Gasteiger partial charge in [0, 0.05) is 0 Å². The summed E-state index contributed by atoms with van der Waals surface area (Å²) in [4.78, 5) is 11.3. The van der Waals surface area contributed by atoms with Crippen LogP contribution in [0.25, 0.3) is 0 Å². The van der Waals surface area contributed by atoms with Crippen molar-refractivity contribution in [2.75, 3.05) is 11.5 Å². The van der Waals surface area contributed by atoms with E-state index in [2.05, 4.69) is 0 Å². The minimum Gasteiger partial charge on any atom is -0.459 e. The first kappa shape index (κ1) is 15.8. The lowest BCUT2D eigenvalue weighted by Gasteiger charge is -2.19. The summed E-state index contributed by atoms with van der Waals surface area (Å²) < 4.78 is 18.0. The molecule has 0 fully saturated rings. The summed E-state index contributed by atoms with van der Waals surface area (Å²) in [5, 5.41) is 0. The van der Waals surface area contributed by atoms with Crippen molar-refractivity contribution >= 4 is 17.7 Å². The molecule has 0 aliphatic carbocycles. The van der Waals surface area contributed by atoms with Crippen LogP contribution < -0.4 is 0 Å². The monoisotopic (exact) mass is 250 g/mol. The van der Waals surface area contributed by atoms with Crippen molar-refractivity contribution in [1.82, 2.24) is 0 Å². The maximum atomic E-state index is 12.8. The fraction of sp³-hybridized carbons (Fsp3) is 0.917. The van der Waals surface area contributed by atoms with Crippen molar-refractivity contribution in [1.29, 1.82) is 0 Å². The molecule has 0 saturated carbocycles. The molecule has 0 aliphatic rings. The number of alkyl halides is 1. The van der Waals surface area contributed by atoms with E-state index in [0.29, 0.717) is 18.6 Å². The van der Waals surface area contributed by atoms with Crippen molar-refractivity contribution < 1.29 is 13.9 Å². The lowest BCUT2D eigenvalue weighted by molar-refractivity contribution is -0.151. The van der Waals surface area contributed by atoms with Gasteiger partial charge in [0.25, 0.3) is 0 Å². The van der Waals surface area contributed by atoms with Crippen molar-refractivity contribution in [3.05, 3.63) is 0 Å². The number of hydrogen-bond acceptors (Lipinski definition) is 3. The molecule has 0 N–H and O–H groups in total. The highest BCUT2D eigenvalue weighted by Crippen LogP contribution is 2.13. The van der Waals surface area contributed by atoms with E-state index in [4.69, 9.17) is 4.74 Å². The largest absolute Gasteiger partial charge is 0.459 e. The van der Waals surface area contributed by atoms with Gasteiger partial charge in [-0.2, -0.15) is 11.8 Å². The van der Waals surface area contributed by atoms with E-state index in [1.54, 1.807) is 0 Å². The molecule has 0 heterocycles. The van der Waals surface area contributed by atoms with Gasteiger partial charge in [0.2, 0.25) is 0 Å². The predicted molar refractivity (Wildman–Crippen MR) is 67.6 cm³/mol. The summed E-state index contributed by atoms with van der Waals surface area (Å²) in [6.07, 6.45) is 1.30. The zero-order chi connectivity index (χ0) is 12.6. The van der Waals surface area contributed by atoms with Gasteiger partial charge in [0.15, 0.2) is 0 Å². The number of hydrogen-bond donors (Lipinski definition) is 0. The summed E-state index contributed by atoms with van der Waals surface area (Å²) in [5.41, 5.74) is -0.413. The number of esters is 1.